The molecule has 3 nitrogen and oxygen atoms in total. The van der Waals surface area contributed by atoms with Gasteiger partial charge < -0.3 is 9.84 Å². The van der Waals surface area contributed by atoms with Crippen molar-refractivity contribution in [2.24, 2.45) is 0 Å². The van der Waals surface area contributed by atoms with Gasteiger partial charge in [-0.2, -0.15) is 0 Å². The van der Waals surface area contributed by atoms with Gasteiger partial charge in [0.05, 0.1) is 6.61 Å². The largest absolute Gasteiger partial charge is 0.504 e. The molecule has 0 aliphatic carbocycles. The Balaban J connectivity index is 2.84. The topological polar surface area (TPSA) is 46.5 Å². The van der Waals surface area contributed by atoms with Crippen LogP contribution in [0.3, 0.4) is 0 Å². The number of benzene rings is 1. The predicted octanol–water partition coefficient (Wildman–Crippen LogP) is 2.30. The lowest BCUT2D eigenvalue weighted by Gasteiger charge is -2.07. The zero-order valence-corrected chi connectivity index (χ0v) is 8.56. The number of phenolic OH excluding ortho intramolecular Hbond substituents is 1. The summed E-state index contributed by atoms with van der Waals surface area (Å²) in [6.07, 6.45) is 5.41. The molecule has 1 rings (SSSR count). The van der Waals surface area contributed by atoms with E-state index in [-0.39, 0.29) is 5.75 Å². The van der Waals surface area contributed by atoms with Crippen LogP contribution in [0.1, 0.15) is 18.9 Å². The molecule has 1 aromatic rings. The van der Waals surface area contributed by atoms with Crippen molar-refractivity contribution in [2.75, 3.05) is 6.61 Å². The maximum Gasteiger partial charge on any atom is 0.225 e. The van der Waals surface area contributed by atoms with E-state index in [1.807, 2.05) is 6.92 Å². The van der Waals surface area contributed by atoms with Gasteiger partial charge >= 0.3 is 0 Å². The molecule has 0 fully saturated rings. The van der Waals surface area contributed by atoms with Gasteiger partial charge in [-0.15, -0.1) is 0 Å². The highest BCUT2D eigenvalue weighted by molar-refractivity contribution is 5.74. The summed E-state index contributed by atoms with van der Waals surface area (Å²) in [7, 11) is 0. The normalized spacial score (nSPS) is 10.5. The molecule has 1 aromatic carbocycles. The molecular formula is C12H13O3. The first-order valence-corrected chi connectivity index (χ1v) is 4.78. The van der Waals surface area contributed by atoms with Gasteiger partial charge in [0.2, 0.25) is 6.29 Å². The first kappa shape index (κ1) is 11.3. The molecule has 0 heterocycles. The van der Waals surface area contributed by atoms with Crippen molar-refractivity contribution in [2.45, 2.75) is 13.3 Å². The summed E-state index contributed by atoms with van der Waals surface area (Å²) in [5.41, 5.74) is 0.794. The molecule has 15 heavy (non-hydrogen) atoms. The minimum absolute atomic E-state index is 0.107. The summed E-state index contributed by atoms with van der Waals surface area (Å²) in [6, 6.07) is 4.91. The number of rotatable bonds is 5. The van der Waals surface area contributed by atoms with Gasteiger partial charge in [0.15, 0.2) is 11.5 Å². The molecule has 0 aromatic heterocycles. The van der Waals surface area contributed by atoms with Crippen LogP contribution in [0, 0.1) is 0 Å². The number of ether oxygens (including phenoxy) is 1. The van der Waals surface area contributed by atoms with Crippen molar-refractivity contribution < 1.29 is 14.6 Å². The zero-order valence-electron chi connectivity index (χ0n) is 8.56. The summed E-state index contributed by atoms with van der Waals surface area (Å²) < 4.78 is 5.32. The highest BCUT2D eigenvalue weighted by atomic mass is 16.5. The van der Waals surface area contributed by atoms with Crippen LogP contribution in [0.4, 0.5) is 0 Å². The monoisotopic (exact) mass is 205 g/mol. The summed E-state index contributed by atoms with van der Waals surface area (Å²) in [4.78, 5) is 10.0. The van der Waals surface area contributed by atoms with Crippen molar-refractivity contribution in [3.8, 4) is 11.5 Å². The maximum atomic E-state index is 10.0. The number of allylic oxidation sites excluding steroid dienone is 1. The molecule has 79 valence electrons. The van der Waals surface area contributed by atoms with Crippen molar-refractivity contribution in [1.82, 2.24) is 0 Å². The lowest BCUT2D eigenvalue weighted by molar-refractivity contribution is 0.299. The van der Waals surface area contributed by atoms with Crippen molar-refractivity contribution >= 4 is 12.4 Å². The van der Waals surface area contributed by atoms with Crippen LogP contribution >= 0.6 is 0 Å². The second-order valence-electron chi connectivity index (χ2n) is 3.03. The number of carbonyl (C=O) groups excluding carboxylic acids is 1. The fourth-order valence-corrected chi connectivity index (χ4v) is 1.09. The molecule has 0 saturated carbocycles. The van der Waals surface area contributed by atoms with E-state index in [1.54, 1.807) is 24.5 Å². The second kappa shape index (κ2) is 5.86. The summed E-state index contributed by atoms with van der Waals surface area (Å²) in [6.45, 7) is 2.54. The van der Waals surface area contributed by atoms with Crippen LogP contribution in [0.15, 0.2) is 24.3 Å². The van der Waals surface area contributed by atoms with Crippen LogP contribution in [-0.4, -0.2) is 18.0 Å². The van der Waals surface area contributed by atoms with E-state index in [0.29, 0.717) is 12.4 Å². The summed E-state index contributed by atoms with van der Waals surface area (Å²) >= 11 is 0. The van der Waals surface area contributed by atoms with E-state index in [2.05, 4.69) is 0 Å². The molecule has 0 amide bonds. The van der Waals surface area contributed by atoms with Crippen molar-refractivity contribution in [3.63, 3.8) is 0 Å². The lowest BCUT2D eigenvalue weighted by atomic mass is 10.2. The van der Waals surface area contributed by atoms with E-state index >= 15 is 0 Å². The van der Waals surface area contributed by atoms with Crippen LogP contribution in [0.2, 0.25) is 0 Å². The second-order valence-corrected chi connectivity index (χ2v) is 3.03. The highest BCUT2D eigenvalue weighted by Gasteiger charge is 2.01. The van der Waals surface area contributed by atoms with Gasteiger partial charge in [0.25, 0.3) is 0 Å². The molecular weight excluding hydrogens is 192 g/mol. The molecule has 0 saturated heterocycles. The molecule has 0 unspecified atom stereocenters. The van der Waals surface area contributed by atoms with Crippen LogP contribution in [0.5, 0.6) is 11.5 Å². The average Bonchev–Trinajstić information content (AvgIpc) is 2.26. The SMILES string of the molecule is CCCOc1cc(C=C[C]=O)ccc1O. The number of phenols is 1. The Labute approximate surface area is 89.0 Å². The van der Waals surface area contributed by atoms with E-state index in [4.69, 9.17) is 4.74 Å². The van der Waals surface area contributed by atoms with Gasteiger partial charge in [0, 0.05) is 0 Å². The first-order valence-electron chi connectivity index (χ1n) is 4.78. The number of hydrogen-bond donors (Lipinski definition) is 1. The molecule has 0 atom stereocenters. The Morgan fingerprint density at radius 3 is 3.00 bits per heavy atom. The van der Waals surface area contributed by atoms with Crippen LogP contribution < -0.4 is 4.74 Å². The minimum atomic E-state index is 0.107. The smallest absolute Gasteiger partial charge is 0.225 e. The lowest BCUT2D eigenvalue weighted by Crippen LogP contribution is -1.95. The Morgan fingerprint density at radius 2 is 2.33 bits per heavy atom. The number of hydrogen-bond acceptors (Lipinski definition) is 3. The molecule has 0 aliphatic rings. The van der Waals surface area contributed by atoms with Gasteiger partial charge in [-0.05, 0) is 30.2 Å². The average molecular weight is 205 g/mol. The third kappa shape index (κ3) is 3.46. The van der Waals surface area contributed by atoms with Gasteiger partial charge in [-0.25, -0.2) is 0 Å². The van der Waals surface area contributed by atoms with Crippen molar-refractivity contribution in [3.05, 3.63) is 29.8 Å². The molecule has 1 N–H and O–H groups in total. The molecule has 3 heteroatoms. The molecule has 0 bridgehead atoms. The standard InChI is InChI=1S/C12H13O3/c1-2-8-15-12-9-10(4-3-7-13)5-6-11(12)14/h3-6,9,14H,2,8H2,1H3. The van der Waals surface area contributed by atoms with Crippen LogP contribution in [0.25, 0.3) is 6.08 Å². The first-order chi connectivity index (χ1) is 7.27. The van der Waals surface area contributed by atoms with Gasteiger partial charge in [0.1, 0.15) is 0 Å². The Kier molecular flexibility index (Phi) is 4.41. The third-order valence-corrected chi connectivity index (χ3v) is 1.79. The Bertz CT molecular complexity index is 356. The van der Waals surface area contributed by atoms with Crippen LogP contribution in [-0.2, 0) is 4.79 Å². The minimum Gasteiger partial charge on any atom is -0.504 e. The Hall–Kier alpha value is -1.77. The van der Waals surface area contributed by atoms with E-state index < -0.39 is 0 Å². The van der Waals surface area contributed by atoms with Gasteiger partial charge in [-0.1, -0.05) is 19.1 Å². The summed E-state index contributed by atoms with van der Waals surface area (Å²) in [5, 5.41) is 9.46. The fraction of sp³-hybridized carbons (Fsp3) is 0.250. The maximum absolute atomic E-state index is 10.0. The van der Waals surface area contributed by atoms with E-state index in [9.17, 15) is 9.90 Å². The molecule has 0 spiro atoms. The predicted molar refractivity (Wildman–Crippen MR) is 58.6 cm³/mol. The molecule has 0 aliphatic heterocycles. The van der Waals surface area contributed by atoms with Gasteiger partial charge in [-0.3, -0.25) is 4.79 Å². The quantitative estimate of drug-likeness (QED) is 0.750. The van der Waals surface area contributed by atoms with Crippen molar-refractivity contribution in [1.29, 1.82) is 0 Å². The Morgan fingerprint density at radius 1 is 1.53 bits per heavy atom. The molecule has 1 radical (unpaired) electrons. The van der Waals surface area contributed by atoms with E-state index in [1.165, 1.54) is 12.1 Å². The highest BCUT2D eigenvalue weighted by Crippen LogP contribution is 2.27. The fourth-order valence-electron chi connectivity index (χ4n) is 1.09. The third-order valence-electron chi connectivity index (χ3n) is 1.79. The summed E-state index contributed by atoms with van der Waals surface area (Å²) in [5.74, 6) is 0.542. The zero-order chi connectivity index (χ0) is 11.1. The van der Waals surface area contributed by atoms with E-state index in [0.717, 1.165) is 12.0 Å². The number of aromatic hydroxyl groups is 1.